The van der Waals surface area contributed by atoms with Gasteiger partial charge in [0.15, 0.2) is 6.61 Å². The fraction of sp³-hybridized carbons (Fsp3) is 0.600. The largest absolute Gasteiger partial charge is 0.456 e. The second-order valence-corrected chi connectivity index (χ2v) is 9.54. The third-order valence-electron chi connectivity index (χ3n) is 4.71. The van der Waals surface area contributed by atoms with Gasteiger partial charge in [0.25, 0.3) is 5.91 Å². The Hall–Kier alpha value is -1.93. The molecule has 0 spiro atoms. The van der Waals surface area contributed by atoms with Crippen LogP contribution in [-0.2, 0) is 24.3 Å². The number of nitrogens with one attached hydrogen (secondary N) is 1. The van der Waals surface area contributed by atoms with Gasteiger partial charge in [0.1, 0.15) is 0 Å². The maximum absolute atomic E-state index is 12.9. The van der Waals surface area contributed by atoms with Gasteiger partial charge in [-0.1, -0.05) is 27.2 Å². The van der Waals surface area contributed by atoms with E-state index in [1.165, 1.54) is 16.4 Å². The summed E-state index contributed by atoms with van der Waals surface area (Å²) >= 11 is 0. The highest BCUT2D eigenvalue weighted by atomic mass is 32.2. The highest BCUT2D eigenvalue weighted by Crippen LogP contribution is 2.27. The molecule has 1 aliphatic heterocycles. The number of ether oxygens (including phenoxy) is 1. The number of anilines is 1. The molecule has 2 rings (SSSR count). The molecule has 7 nitrogen and oxygen atoms in total. The van der Waals surface area contributed by atoms with Gasteiger partial charge in [-0.2, -0.15) is 4.31 Å². The van der Waals surface area contributed by atoms with E-state index in [4.69, 9.17) is 4.74 Å². The van der Waals surface area contributed by atoms with Gasteiger partial charge in [0, 0.05) is 25.2 Å². The minimum atomic E-state index is -3.55. The number of rotatable bonds is 8. The van der Waals surface area contributed by atoms with Crippen LogP contribution in [-0.4, -0.2) is 44.3 Å². The fourth-order valence-corrected chi connectivity index (χ4v) is 5.08. The fourth-order valence-electron chi connectivity index (χ4n) is 3.40. The molecule has 1 aromatic rings. The van der Waals surface area contributed by atoms with Gasteiger partial charge >= 0.3 is 5.97 Å². The molecule has 1 N–H and O–H groups in total. The second kappa shape index (κ2) is 10.0. The standard InChI is InChI=1S/C20H30N2O5S/c1-4-5-6-20(24)27-14-19(23)21-17-7-9-18(10-8-17)28(25,26)22-12-15(2)11-16(3)13-22/h7-10,15-16H,4-6,11-14H2,1-3H3,(H,21,23)/t15-,16-/m0/s1. The molecule has 1 heterocycles. The monoisotopic (exact) mass is 410 g/mol. The number of sulfonamides is 1. The van der Waals surface area contributed by atoms with Crippen molar-refractivity contribution in [2.45, 2.75) is 51.3 Å². The third-order valence-corrected chi connectivity index (χ3v) is 6.56. The minimum absolute atomic E-state index is 0.206. The number of esters is 1. The highest BCUT2D eigenvalue weighted by Gasteiger charge is 2.31. The Kier molecular flexibility index (Phi) is 8.00. The molecule has 0 aliphatic carbocycles. The quantitative estimate of drug-likeness (QED) is 0.665. The molecule has 0 bridgehead atoms. The van der Waals surface area contributed by atoms with Crippen molar-refractivity contribution in [3.05, 3.63) is 24.3 Å². The van der Waals surface area contributed by atoms with Crippen molar-refractivity contribution in [1.29, 1.82) is 0 Å². The first kappa shape index (κ1) is 22.4. The van der Waals surface area contributed by atoms with E-state index in [9.17, 15) is 18.0 Å². The lowest BCUT2D eigenvalue weighted by Crippen LogP contribution is -2.42. The van der Waals surface area contributed by atoms with E-state index in [-0.39, 0.29) is 11.5 Å². The average Bonchev–Trinajstić information content (AvgIpc) is 2.64. The summed E-state index contributed by atoms with van der Waals surface area (Å²) in [4.78, 5) is 23.5. The Morgan fingerprint density at radius 3 is 2.32 bits per heavy atom. The van der Waals surface area contributed by atoms with Crippen LogP contribution in [0.1, 0.15) is 46.5 Å². The average molecular weight is 411 g/mol. The van der Waals surface area contributed by atoms with Crippen LogP contribution in [0.2, 0.25) is 0 Å². The summed E-state index contributed by atoms with van der Waals surface area (Å²) < 4.78 is 32.2. The SMILES string of the molecule is CCCCC(=O)OCC(=O)Nc1ccc(S(=O)(=O)N2C[C@@H](C)C[C@H](C)C2)cc1. The Bertz CT molecular complexity index is 766. The minimum Gasteiger partial charge on any atom is -0.456 e. The number of nitrogens with zero attached hydrogens (tertiary/aromatic N) is 1. The molecular formula is C20H30N2O5S. The van der Waals surface area contributed by atoms with Crippen LogP contribution in [0.15, 0.2) is 29.2 Å². The number of carbonyl (C=O) groups is 2. The van der Waals surface area contributed by atoms with E-state index in [2.05, 4.69) is 19.2 Å². The summed E-state index contributed by atoms with van der Waals surface area (Å²) in [6, 6.07) is 6.06. The van der Waals surface area contributed by atoms with Gasteiger partial charge in [0.2, 0.25) is 10.0 Å². The molecule has 1 aliphatic rings. The van der Waals surface area contributed by atoms with Crippen LogP contribution in [0.5, 0.6) is 0 Å². The number of unbranched alkanes of at least 4 members (excludes halogenated alkanes) is 1. The van der Waals surface area contributed by atoms with Gasteiger partial charge in [-0.25, -0.2) is 8.42 Å². The van der Waals surface area contributed by atoms with Crippen molar-refractivity contribution in [1.82, 2.24) is 4.31 Å². The molecule has 8 heteroatoms. The van der Waals surface area contributed by atoms with E-state index < -0.39 is 21.9 Å². The number of piperidine rings is 1. The van der Waals surface area contributed by atoms with Crippen molar-refractivity contribution in [2.75, 3.05) is 25.0 Å². The van der Waals surface area contributed by atoms with Crippen molar-refractivity contribution >= 4 is 27.6 Å². The molecule has 1 saturated heterocycles. The Morgan fingerprint density at radius 2 is 1.75 bits per heavy atom. The molecule has 1 fully saturated rings. The van der Waals surface area contributed by atoms with Crippen LogP contribution in [0.3, 0.4) is 0 Å². The van der Waals surface area contributed by atoms with E-state index in [0.717, 1.165) is 19.3 Å². The molecule has 0 radical (unpaired) electrons. The van der Waals surface area contributed by atoms with Gasteiger partial charge in [-0.3, -0.25) is 9.59 Å². The lowest BCUT2D eigenvalue weighted by atomic mass is 9.94. The first-order valence-electron chi connectivity index (χ1n) is 9.78. The lowest BCUT2D eigenvalue weighted by molar-refractivity contribution is -0.147. The zero-order valence-corrected chi connectivity index (χ0v) is 17.6. The molecule has 1 amide bonds. The molecule has 1 aromatic carbocycles. The number of hydrogen-bond donors (Lipinski definition) is 1. The zero-order valence-electron chi connectivity index (χ0n) is 16.8. The first-order chi connectivity index (χ1) is 13.2. The molecule has 156 valence electrons. The van der Waals surface area contributed by atoms with Crippen LogP contribution in [0.4, 0.5) is 5.69 Å². The van der Waals surface area contributed by atoms with Crippen molar-refractivity contribution in [3.8, 4) is 0 Å². The van der Waals surface area contributed by atoms with Crippen LogP contribution < -0.4 is 5.32 Å². The summed E-state index contributed by atoms with van der Waals surface area (Å²) in [6.45, 7) is 6.78. The Labute approximate surface area is 167 Å². The summed E-state index contributed by atoms with van der Waals surface area (Å²) in [7, 11) is -3.55. The highest BCUT2D eigenvalue weighted by molar-refractivity contribution is 7.89. The Morgan fingerprint density at radius 1 is 1.14 bits per heavy atom. The first-order valence-corrected chi connectivity index (χ1v) is 11.2. The zero-order chi connectivity index (χ0) is 20.7. The molecule has 2 atom stereocenters. The summed E-state index contributed by atoms with van der Waals surface area (Å²) in [5.41, 5.74) is 0.453. The maximum Gasteiger partial charge on any atom is 0.306 e. The van der Waals surface area contributed by atoms with Gasteiger partial charge in [0.05, 0.1) is 4.90 Å². The van der Waals surface area contributed by atoms with E-state index in [0.29, 0.717) is 37.0 Å². The summed E-state index contributed by atoms with van der Waals surface area (Å²) in [5.74, 6) is -0.197. The van der Waals surface area contributed by atoms with Crippen LogP contribution >= 0.6 is 0 Å². The van der Waals surface area contributed by atoms with E-state index in [1.807, 2.05) is 6.92 Å². The predicted molar refractivity (Wildman–Crippen MR) is 107 cm³/mol. The van der Waals surface area contributed by atoms with E-state index >= 15 is 0 Å². The lowest BCUT2D eigenvalue weighted by Gasteiger charge is -2.34. The number of hydrogen-bond acceptors (Lipinski definition) is 5. The summed E-state index contributed by atoms with van der Waals surface area (Å²) in [6.07, 6.45) is 2.93. The van der Waals surface area contributed by atoms with Crippen molar-refractivity contribution in [3.63, 3.8) is 0 Å². The van der Waals surface area contributed by atoms with Gasteiger partial charge < -0.3 is 10.1 Å². The molecule has 0 unspecified atom stereocenters. The topological polar surface area (TPSA) is 92.8 Å². The number of amides is 1. The number of carbonyl (C=O) groups excluding carboxylic acids is 2. The summed E-state index contributed by atoms with van der Waals surface area (Å²) in [5, 5.41) is 2.60. The molecule has 0 aromatic heterocycles. The smallest absolute Gasteiger partial charge is 0.306 e. The van der Waals surface area contributed by atoms with Crippen molar-refractivity contribution < 1.29 is 22.7 Å². The molecule has 28 heavy (non-hydrogen) atoms. The molecule has 0 saturated carbocycles. The second-order valence-electron chi connectivity index (χ2n) is 7.60. The number of benzene rings is 1. The maximum atomic E-state index is 12.9. The van der Waals surface area contributed by atoms with E-state index in [1.54, 1.807) is 12.1 Å². The van der Waals surface area contributed by atoms with Crippen LogP contribution in [0.25, 0.3) is 0 Å². The van der Waals surface area contributed by atoms with Crippen LogP contribution in [0, 0.1) is 11.8 Å². The van der Waals surface area contributed by atoms with Gasteiger partial charge in [-0.05, 0) is 48.9 Å². The third kappa shape index (κ3) is 6.31. The van der Waals surface area contributed by atoms with Crippen molar-refractivity contribution in [2.24, 2.45) is 11.8 Å². The Balaban J connectivity index is 1.93. The normalized spacial score (nSPS) is 20.5. The van der Waals surface area contributed by atoms with Gasteiger partial charge in [-0.15, -0.1) is 0 Å². The molecular weight excluding hydrogens is 380 g/mol. The predicted octanol–water partition coefficient (Wildman–Crippen LogP) is 3.03.